The van der Waals surface area contributed by atoms with E-state index in [0.29, 0.717) is 26.2 Å². The van der Waals surface area contributed by atoms with Crippen molar-refractivity contribution in [1.29, 1.82) is 0 Å². The molecular formula is C13H23N3O4. The first-order valence-corrected chi connectivity index (χ1v) is 6.76. The van der Waals surface area contributed by atoms with Crippen molar-refractivity contribution in [2.75, 3.05) is 32.7 Å². The van der Waals surface area contributed by atoms with Crippen LogP contribution in [0.3, 0.4) is 0 Å². The minimum atomic E-state index is -0.939. The Morgan fingerprint density at radius 1 is 1.05 bits per heavy atom. The lowest BCUT2D eigenvalue weighted by molar-refractivity contribution is -0.141. The number of nitrogens with one attached hydrogen (secondary N) is 1. The van der Waals surface area contributed by atoms with Gasteiger partial charge in [-0.3, -0.25) is 9.59 Å². The Balaban J connectivity index is 2.36. The molecule has 0 spiro atoms. The molecule has 0 bridgehead atoms. The molecule has 0 aromatic rings. The third-order valence-electron chi connectivity index (χ3n) is 3.11. The predicted molar refractivity (Wildman–Crippen MR) is 73.3 cm³/mol. The highest BCUT2D eigenvalue weighted by Gasteiger charge is 2.30. The zero-order valence-electron chi connectivity index (χ0n) is 12.3. The summed E-state index contributed by atoms with van der Waals surface area (Å²) in [6, 6.07) is -0.269. The number of urea groups is 1. The van der Waals surface area contributed by atoms with Crippen molar-refractivity contribution in [3.05, 3.63) is 0 Å². The van der Waals surface area contributed by atoms with Gasteiger partial charge >= 0.3 is 12.0 Å². The average molecular weight is 285 g/mol. The second-order valence-electron chi connectivity index (χ2n) is 5.90. The molecule has 0 aliphatic carbocycles. The molecule has 7 heteroatoms. The summed E-state index contributed by atoms with van der Waals surface area (Å²) in [5, 5.41) is 11.1. The highest BCUT2D eigenvalue weighted by Crippen LogP contribution is 2.18. The number of rotatable bonds is 3. The molecule has 0 radical (unpaired) electrons. The van der Waals surface area contributed by atoms with Gasteiger partial charge in [-0.2, -0.15) is 0 Å². The van der Waals surface area contributed by atoms with E-state index in [4.69, 9.17) is 5.11 Å². The molecular weight excluding hydrogens is 262 g/mol. The van der Waals surface area contributed by atoms with E-state index in [-0.39, 0.29) is 24.9 Å². The molecule has 1 saturated heterocycles. The maximum atomic E-state index is 12.1. The second kappa shape index (κ2) is 6.58. The lowest BCUT2D eigenvalue weighted by Gasteiger charge is -2.37. The standard InChI is InChI=1S/C13H23N3O4/c1-13(2,3)11(19)15-6-8-16(9-7-15)12(20)14-5-4-10(17)18/h4-9H2,1-3H3,(H,14,20)(H,17,18). The summed E-state index contributed by atoms with van der Waals surface area (Å²) in [5.74, 6) is -0.852. The molecule has 1 rings (SSSR count). The molecule has 3 amide bonds. The van der Waals surface area contributed by atoms with Crippen molar-refractivity contribution in [3.63, 3.8) is 0 Å². The molecule has 114 valence electrons. The summed E-state index contributed by atoms with van der Waals surface area (Å²) in [7, 11) is 0. The Morgan fingerprint density at radius 2 is 1.55 bits per heavy atom. The van der Waals surface area contributed by atoms with E-state index >= 15 is 0 Å². The number of carbonyl (C=O) groups excluding carboxylic acids is 2. The van der Waals surface area contributed by atoms with Crippen LogP contribution in [0.25, 0.3) is 0 Å². The molecule has 0 saturated carbocycles. The van der Waals surface area contributed by atoms with Crippen LogP contribution in [-0.2, 0) is 9.59 Å². The summed E-state index contributed by atoms with van der Waals surface area (Å²) >= 11 is 0. The van der Waals surface area contributed by atoms with Crippen molar-refractivity contribution in [3.8, 4) is 0 Å². The number of aliphatic carboxylic acids is 1. The molecule has 1 heterocycles. The topological polar surface area (TPSA) is 90.0 Å². The van der Waals surface area contributed by atoms with Crippen molar-refractivity contribution < 1.29 is 19.5 Å². The Bertz CT molecular complexity index is 382. The van der Waals surface area contributed by atoms with Gasteiger partial charge in [-0.15, -0.1) is 0 Å². The minimum Gasteiger partial charge on any atom is -0.481 e. The van der Waals surface area contributed by atoms with E-state index in [9.17, 15) is 14.4 Å². The number of carboxylic acids is 1. The average Bonchev–Trinajstić information content (AvgIpc) is 2.36. The van der Waals surface area contributed by atoms with E-state index in [1.54, 1.807) is 9.80 Å². The monoisotopic (exact) mass is 285 g/mol. The van der Waals surface area contributed by atoms with Crippen LogP contribution in [0.5, 0.6) is 0 Å². The second-order valence-corrected chi connectivity index (χ2v) is 5.90. The van der Waals surface area contributed by atoms with Crippen molar-refractivity contribution in [2.24, 2.45) is 5.41 Å². The fraction of sp³-hybridized carbons (Fsp3) is 0.769. The number of hydrogen-bond donors (Lipinski definition) is 2. The van der Waals surface area contributed by atoms with Gasteiger partial charge in [0.25, 0.3) is 0 Å². The van der Waals surface area contributed by atoms with Crippen LogP contribution in [0.1, 0.15) is 27.2 Å². The van der Waals surface area contributed by atoms with Crippen LogP contribution < -0.4 is 5.32 Å². The SMILES string of the molecule is CC(C)(C)C(=O)N1CCN(C(=O)NCCC(=O)O)CC1. The Hall–Kier alpha value is -1.79. The lowest BCUT2D eigenvalue weighted by atomic mass is 9.94. The molecule has 1 aliphatic rings. The van der Waals surface area contributed by atoms with E-state index in [1.807, 2.05) is 20.8 Å². The van der Waals surface area contributed by atoms with Crippen LogP contribution >= 0.6 is 0 Å². The van der Waals surface area contributed by atoms with Gasteiger partial charge in [0.05, 0.1) is 6.42 Å². The van der Waals surface area contributed by atoms with Crippen molar-refractivity contribution in [2.45, 2.75) is 27.2 Å². The summed E-state index contributed by atoms with van der Waals surface area (Å²) in [4.78, 5) is 37.6. The molecule has 0 atom stereocenters. The maximum Gasteiger partial charge on any atom is 0.317 e. The van der Waals surface area contributed by atoms with Gasteiger partial charge in [-0.05, 0) is 0 Å². The van der Waals surface area contributed by atoms with Crippen molar-refractivity contribution >= 4 is 17.9 Å². The number of carboxylic acid groups (broad SMARTS) is 1. The van der Waals surface area contributed by atoms with Crippen LogP contribution in [-0.4, -0.2) is 65.5 Å². The van der Waals surface area contributed by atoms with Crippen LogP contribution in [0, 0.1) is 5.41 Å². The third kappa shape index (κ3) is 4.71. The van der Waals surface area contributed by atoms with Gasteiger partial charge in [-0.25, -0.2) is 4.79 Å². The van der Waals surface area contributed by atoms with Crippen LogP contribution in [0.2, 0.25) is 0 Å². The van der Waals surface area contributed by atoms with Gasteiger partial charge in [0, 0.05) is 38.1 Å². The van der Waals surface area contributed by atoms with E-state index in [0.717, 1.165) is 0 Å². The first-order chi connectivity index (χ1) is 9.21. The normalized spacial score (nSPS) is 15.9. The number of amides is 3. The van der Waals surface area contributed by atoms with E-state index in [2.05, 4.69) is 5.32 Å². The van der Waals surface area contributed by atoms with Gasteiger partial charge < -0.3 is 20.2 Å². The minimum absolute atomic E-state index is 0.0865. The molecule has 7 nitrogen and oxygen atoms in total. The quantitative estimate of drug-likeness (QED) is 0.783. The fourth-order valence-corrected chi connectivity index (χ4v) is 1.98. The molecule has 20 heavy (non-hydrogen) atoms. The molecule has 0 aromatic carbocycles. The highest BCUT2D eigenvalue weighted by atomic mass is 16.4. The Kier molecular flexibility index (Phi) is 5.35. The van der Waals surface area contributed by atoms with Crippen LogP contribution in [0.4, 0.5) is 4.79 Å². The van der Waals surface area contributed by atoms with Crippen molar-refractivity contribution in [1.82, 2.24) is 15.1 Å². The summed E-state index contributed by atoms with van der Waals surface area (Å²) in [5.41, 5.74) is -0.411. The molecule has 0 aromatic heterocycles. The van der Waals surface area contributed by atoms with Gasteiger partial charge in [-0.1, -0.05) is 20.8 Å². The first-order valence-electron chi connectivity index (χ1n) is 6.76. The molecule has 1 fully saturated rings. The maximum absolute atomic E-state index is 12.1. The smallest absolute Gasteiger partial charge is 0.317 e. The van der Waals surface area contributed by atoms with Gasteiger partial charge in [0.2, 0.25) is 5.91 Å². The van der Waals surface area contributed by atoms with E-state index < -0.39 is 11.4 Å². The summed E-state index contributed by atoms with van der Waals surface area (Å²) in [6.07, 6.45) is -0.0891. The number of hydrogen-bond acceptors (Lipinski definition) is 3. The first kappa shape index (κ1) is 16.3. The number of nitrogens with zero attached hydrogens (tertiary/aromatic N) is 2. The summed E-state index contributed by atoms with van der Waals surface area (Å²) < 4.78 is 0. The zero-order valence-corrected chi connectivity index (χ0v) is 12.3. The summed E-state index contributed by atoms with van der Waals surface area (Å²) in [6.45, 7) is 7.72. The number of piperazine rings is 1. The third-order valence-corrected chi connectivity index (χ3v) is 3.11. The Labute approximate surface area is 118 Å². The van der Waals surface area contributed by atoms with Crippen LogP contribution in [0.15, 0.2) is 0 Å². The van der Waals surface area contributed by atoms with E-state index in [1.165, 1.54) is 0 Å². The van der Waals surface area contributed by atoms with Gasteiger partial charge in [0.15, 0.2) is 0 Å². The Morgan fingerprint density at radius 3 is 2.00 bits per heavy atom. The predicted octanol–water partition coefficient (Wildman–Crippen LogP) is 0.361. The van der Waals surface area contributed by atoms with Gasteiger partial charge in [0.1, 0.15) is 0 Å². The lowest BCUT2D eigenvalue weighted by Crippen LogP contribution is -2.55. The fourth-order valence-electron chi connectivity index (χ4n) is 1.98. The zero-order chi connectivity index (χ0) is 15.3. The highest BCUT2D eigenvalue weighted by molar-refractivity contribution is 5.82. The number of carbonyl (C=O) groups is 3. The molecule has 2 N–H and O–H groups in total. The molecule has 1 aliphatic heterocycles. The molecule has 0 unspecified atom stereocenters. The largest absolute Gasteiger partial charge is 0.481 e.